The van der Waals surface area contributed by atoms with Gasteiger partial charge in [-0.25, -0.2) is 0 Å². The number of benzene rings is 1. The highest BCUT2D eigenvalue weighted by Gasteiger charge is 2.16. The van der Waals surface area contributed by atoms with Gasteiger partial charge in [-0.15, -0.1) is 0 Å². The maximum atomic E-state index is 10.9. The molecule has 1 unspecified atom stereocenters. The van der Waals surface area contributed by atoms with Crippen molar-refractivity contribution < 1.29 is 4.92 Å². The number of rotatable bonds is 4. The van der Waals surface area contributed by atoms with Crippen molar-refractivity contribution in [3.63, 3.8) is 0 Å². The number of piperidine rings is 1. The van der Waals surface area contributed by atoms with E-state index < -0.39 is 0 Å². The number of likely N-dealkylation sites (tertiary alicyclic amines) is 1. The molecule has 0 N–H and O–H groups in total. The molecular formula is C15H20N2O2. The van der Waals surface area contributed by atoms with Crippen molar-refractivity contribution in [3.8, 4) is 0 Å². The van der Waals surface area contributed by atoms with Gasteiger partial charge in [-0.05, 0) is 32.4 Å². The molecule has 4 nitrogen and oxygen atoms in total. The third kappa shape index (κ3) is 3.64. The van der Waals surface area contributed by atoms with Crippen molar-refractivity contribution in [2.75, 3.05) is 13.1 Å². The first-order valence-electron chi connectivity index (χ1n) is 6.82. The van der Waals surface area contributed by atoms with Gasteiger partial charge in [-0.2, -0.15) is 0 Å². The number of hydrogen-bond acceptors (Lipinski definition) is 3. The van der Waals surface area contributed by atoms with Crippen LogP contribution in [-0.2, 0) is 0 Å². The van der Waals surface area contributed by atoms with Crippen LogP contribution in [0, 0.1) is 10.1 Å². The molecule has 0 aromatic heterocycles. The van der Waals surface area contributed by atoms with Crippen molar-refractivity contribution >= 4 is 11.8 Å². The molecule has 0 amide bonds. The highest BCUT2D eigenvalue weighted by atomic mass is 16.6. The lowest BCUT2D eigenvalue weighted by atomic mass is 10.0. The maximum absolute atomic E-state index is 10.9. The fourth-order valence-electron chi connectivity index (χ4n) is 2.54. The Balaban J connectivity index is 2.00. The number of para-hydroxylation sites is 1. The predicted octanol–water partition coefficient (Wildman–Crippen LogP) is 3.48. The van der Waals surface area contributed by atoms with Gasteiger partial charge in [0.25, 0.3) is 5.69 Å². The average molecular weight is 260 g/mol. The molecule has 1 heterocycles. The molecule has 0 aliphatic carbocycles. The summed E-state index contributed by atoms with van der Waals surface area (Å²) in [6.45, 7) is 4.24. The van der Waals surface area contributed by atoms with Crippen LogP contribution in [0.5, 0.6) is 0 Å². The number of hydrogen-bond donors (Lipinski definition) is 0. The molecule has 1 saturated heterocycles. The molecule has 1 aromatic carbocycles. The Kier molecular flexibility index (Phi) is 4.68. The second-order valence-electron chi connectivity index (χ2n) is 5.06. The van der Waals surface area contributed by atoms with Gasteiger partial charge in [-0.3, -0.25) is 15.0 Å². The van der Waals surface area contributed by atoms with Gasteiger partial charge in [0.1, 0.15) is 0 Å². The monoisotopic (exact) mass is 260 g/mol. The quantitative estimate of drug-likeness (QED) is 0.615. The fraction of sp³-hybridized carbons (Fsp3) is 0.467. The van der Waals surface area contributed by atoms with Crippen LogP contribution in [0.15, 0.2) is 30.3 Å². The summed E-state index contributed by atoms with van der Waals surface area (Å²) in [4.78, 5) is 13.0. The van der Waals surface area contributed by atoms with Gasteiger partial charge in [0.05, 0.1) is 10.5 Å². The van der Waals surface area contributed by atoms with Crippen LogP contribution >= 0.6 is 0 Å². The number of nitrogens with zero attached hydrogens (tertiary/aromatic N) is 2. The van der Waals surface area contributed by atoms with E-state index in [0.29, 0.717) is 11.6 Å². The Labute approximate surface area is 113 Å². The molecule has 102 valence electrons. The molecule has 0 saturated carbocycles. The minimum Gasteiger partial charge on any atom is -0.297 e. The summed E-state index contributed by atoms with van der Waals surface area (Å²) < 4.78 is 0. The van der Waals surface area contributed by atoms with Crippen LogP contribution in [0.3, 0.4) is 0 Å². The zero-order valence-electron chi connectivity index (χ0n) is 11.3. The van der Waals surface area contributed by atoms with Crippen molar-refractivity contribution in [1.82, 2.24) is 4.90 Å². The summed E-state index contributed by atoms with van der Waals surface area (Å²) in [5.74, 6) is 0. The average Bonchev–Trinajstić information content (AvgIpc) is 2.41. The van der Waals surface area contributed by atoms with Crippen LogP contribution < -0.4 is 0 Å². The van der Waals surface area contributed by atoms with E-state index in [1.54, 1.807) is 18.2 Å². The SMILES string of the molecule is CC1CCCCN1CC=Cc1ccccc1[N+](=O)[O-]. The summed E-state index contributed by atoms with van der Waals surface area (Å²) >= 11 is 0. The standard InChI is InChI=1S/C15H20N2O2/c1-13-7-4-5-11-16(13)12-6-9-14-8-2-3-10-15(14)17(18)19/h2-3,6,8-10,13H,4-5,7,11-12H2,1H3. The summed E-state index contributed by atoms with van der Waals surface area (Å²) in [6.07, 6.45) is 7.71. The molecule has 4 heteroatoms. The normalized spacial score (nSPS) is 20.8. The van der Waals surface area contributed by atoms with Crippen LogP contribution in [-0.4, -0.2) is 29.0 Å². The molecule has 1 aromatic rings. The lowest BCUT2D eigenvalue weighted by Gasteiger charge is -2.32. The molecule has 2 rings (SSSR count). The largest absolute Gasteiger partial charge is 0.297 e. The smallest absolute Gasteiger partial charge is 0.276 e. The van der Waals surface area contributed by atoms with E-state index in [2.05, 4.69) is 11.8 Å². The third-order valence-corrected chi connectivity index (χ3v) is 3.71. The van der Waals surface area contributed by atoms with Crippen LogP contribution in [0.2, 0.25) is 0 Å². The summed E-state index contributed by atoms with van der Waals surface area (Å²) in [6, 6.07) is 7.47. The zero-order chi connectivity index (χ0) is 13.7. The molecule has 19 heavy (non-hydrogen) atoms. The van der Waals surface area contributed by atoms with E-state index in [-0.39, 0.29) is 10.6 Å². The van der Waals surface area contributed by atoms with Gasteiger partial charge in [0.2, 0.25) is 0 Å². The maximum Gasteiger partial charge on any atom is 0.276 e. The molecular weight excluding hydrogens is 240 g/mol. The van der Waals surface area contributed by atoms with E-state index in [1.807, 2.05) is 18.2 Å². The number of nitro groups is 1. The van der Waals surface area contributed by atoms with E-state index in [0.717, 1.165) is 13.1 Å². The molecule has 1 atom stereocenters. The second-order valence-corrected chi connectivity index (χ2v) is 5.06. The molecule has 0 spiro atoms. The van der Waals surface area contributed by atoms with Crippen LogP contribution in [0.1, 0.15) is 31.7 Å². The summed E-state index contributed by atoms with van der Waals surface area (Å²) in [5, 5.41) is 10.9. The topological polar surface area (TPSA) is 46.4 Å². The van der Waals surface area contributed by atoms with E-state index >= 15 is 0 Å². The Morgan fingerprint density at radius 3 is 2.95 bits per heavy atom. The Bertz CT molecular complexity index is 471. The van der Waals surface area contributed by atoms with Crippen molar-refractivity contribution in [2.24, 2.45) is 0 Å². The highest BCUT2D eigenvalue weighted by molar-refractivity contribution is 5.60. The summed E-state index contributed by atoms with van der Waals surface area (Å²) in [7, 11) is 0. The highest BCUT2D eigenvalue weighted by Crippen LogP contribution is 2.20. The summed E-state index contributed by atoms with van der Waals surface area (Å²) in [5.41, 5.74) is 0.850. The minimum atomic E-state index is -0.330. The molecule has 1 fully saturated rings. The van der Waals surface area contributed by atoms with Gasteiger partial charge in [0, 0.05) is 18.7 Å². The first-order valence-corrected chi connectivity index (χ1v) is 6.82. The Morgan fingerprint density at radius 2 is 2.21 bits per heavy atom. The van der Waals surface area contributed by atoms with Crippen LogP contribution in [0.25, 0.3) is 6.08 Å². The zero-order valence-corrected chi connectivity index (χ0v) is 11.3. The fourth-order valence-corrected chi connectivity index (χ4v) is 2.54. The van der Waals surface area contributed by atoms with Crippen molar-refractivity contribution in [1.29, 1.82) is 0 Å². The Hall–Kier alpha value is -1.68. The Morgan fingerprint density at radius 1 is 1.42 bits per heavy atom. The van der Waals surface area contributed by atoms with Crippen molar-refractivity contribution in [2.45, 2.75) is 32.2 Å². The molecule has 1 aliphatic heterocycles. The van der Waals surface area contributed by atoms with Crippen molar-refractivity contribution in [3.05, 3.63) is 46.0 Å². The van der Waals surface area contributed by atoms with Gasteiger partial charge >= 0.3 is 0 Å². The first kappa shape index (κ1) is 13.7. The molecule has 0 radical (unpaired) electrons. The van der Waals surface area contributed by atoms with Gasteiger partial charge in [-0.1, -0.05) is 30.7 Å². The number of nitro benzene ring substituents is 1. The van der Waals surface area contributed by atoms with Gasteiger partial charge < -0.3 is 0 Å². The minimum absolute atomic E-state index is 0.172. The van der Waals surface area contributed by atoms with E-state index in [4.69, 9.17) is 0 Å². The molecule has 1 aliphatic rings. The first-order chi connectivity index (χ1) is 9.18. The second kappa shape index (κ2) is 6.48. The van der Waals surface area contributed by atoms with E-state index in [1.165, 1.54) is 19.3 Å². The van der Waals surface area contributed by atoms with E-state index in [9.17, 15) is 10.1 Å². The lowest BCUT2D eigenvalue weighted by Crippen LogP contribution is -2.37. The van der Waals surface area contributed by atoms with Crippen LogP contribution in [0.4, 0.5) is 5.69 Å². The lowest BCUT2D eigenvalue weighted by molar-refractivity contribution is -0.385. The predicted molar refractivity (Wildman–Crippen MR) is 77.0 cm³/mol. The van der Waals surface area contributed by atoms with Gasteiger partial charge in [0.15, 0.2) is 0 Å². The third-order valence-electron chi connectivity index (χ3n) is 3.71. The molecule has 0 bridgehead atoms.